The fourth-order valence-corrected chi connectivity index (χ4v) is 1.55. The van der Waals surface area contributed by atoms with Crippen molar-refractivity contribution in [3.63, 3.8) is 0 Å². The highest BCUT2D eigenvalue weighted by Crippen LogP contribution is 2.26. The minimum absolute atomic E-state index is 0.0492. The fraction of sp³-hybridized carbons (Fsp3) is 0.455. The second-order valence-corrected chi connectivity index (χ2v) is 3.98. The average Bonchev–Trinajstić information content (AvgIpc) is 2.27. The largest absolute Gasteiger partial charge is 0.379 e. The Kier molecular flexibility index (Phi) is 3.17. The van der Waals surface area contributed by atoms with E-state index in [9.17, 15) is 4.79 Å². The lowest BCUT2D eigenvalue weighted by atomic mass is 9.85. The van der Waals surface area contributed by atoms with Crippen LogP contribution in [0.25, 0.3) is 0 Å². The standard InChI is InChI=1S/C11H15N3O2/c12-6-11(7-16-8-11)10(15)14-5-9-3-1-2-4-13-9/h1-4H,5-8,12H2,(H,14,15). The molecule has 5 nitrogen and oxygen atoms in total. The molecule has 1 fully saturated rings. The molecule has 86 valence electrons. The maximum atomic E-state index is 11.9. The van der Waals surface area contributed by atoms with Gasteiger partial charge in [0.25, 0.3) is 0 Å². The Morgan fingerprint density at radius 2 is 2.38 bits per heavy atom. The Morgan fingerprint density at radius 1 is 1.56 bits per heavy atom. The Balaban J connectivity index is 1.89. The molecule has 1 saturated heterocycles. The van der Waals surface area contributed by atoms with Crippen molar-refractivity contribution in [2.24, 2.45) is 11.1 Å². The summed E-state index contributed by atoms with van der Waals surface area (Å²) in [6.07, 6.45) is 1.70. The molecule has 0 spiro atoms. The van der Waals surface area contributed by atoms with Gasteiger partial charge < -0.3 is 15.8 Å². The minimum Gasteiger partial charge on any atom is -0.379 e. The smallest absolute Gasteiger partial charge is 0.232 e. The molecule has 0 atom stereocenters. The predicted octanol–water partition coefficient (Wildman–Crippen LogP) is -0.327. The predicted molar refractivity (Wildman–Crippen MR) is 58.4 cm³/mol. The van der Waals surface area contributed by atoms with E-state index >= 15 is 0 Å². The molecule has 1 aliphatic rings. The lowest BCUT2D eigenvalue weighted by molar-refractivity contribution is -0.159. The number of amides is 1. The summed E-state index contributed by atoms with van der Waals surface area (Å²) in [6.45, 7) is 1.58. The van der Waals surface area contributed by atoms with E-state index in [2.05, 4.69) is 10.3 Å². The first-order valence-corrected chi connectivity index (χ1v) is 5.23. The van der Waals surface area contributed by atoms with Gasteiger partial charge in [-0.1, -0.05) is 6.07 Å². The van der Waals surface area contributed by atoms with Crippen molar-refractivity contribution in [1.82, 2.24) is 10.3 Å². The Labute approximate surface area is 94.0 Å². The van der Waals surface area contributed by atoms with Crippen molar-refractivity contribution in [2.75, 3.05) is 19.8 Å². The van der Waals surface area contributed by atoms with Gasteiger partial charge in [-0.2, -0.15) is 0 Å². The number of hydrogen-bond acceptors (Lipinski definition) is 4. The lowest BCUT2D eigenvalue weighted by Gasteiger charge is -2.38. The van der Waals surface area contributed by atoms with Crippen LogP contribution in [-0.2, 0) is 16.1 Å². The summed E-state index contributed by atoms with van der Waals surface area (Å²) in [4.78, 5) is 16.0. The highest BCUT2D eigenvalue weighted by molar-refractivity contribution is 5.83. The normalized spacial score (nSPS) is 17.6. The van der Waals surface area contributed by atoms with Crippen LogP contribution in [0.5, 0.6) is 0 Å². The molecule has 0 aliphatic carbocycles. The third kappa shape index (κ3) is 2.05. The van der Waals surface area contributed by atoms with Gasteiger partial charge in [-0.05, 0) is 12.1 Å². The van der Waals surface area contributed by atoms with Gasteiger partial charge in [-0.15, -0.1) is 0 Å². The first-order chi connectivity index (χ1) is 7.77. The zero-order valence-electron chi connectivity index (χ0n) is 8.98. The van der Waals surface area contributed by atoms with Gasteiger partial charge in [-0.3, -0.25) is 9.78 Å². The molecule has 16 heavy (non-hydrogen) atoms. The van der Waals surface area contributed by atoms with Gasteiger partial charge in [0.1, 0.15) is 5.41 Å². The molecule has 0 bridgehead atoms. The summed E-state index contributed by atoms with van der Waals surface area (Å²) < 4.78 is 5.05. The van der Waals surface area contributed by atoms with Crippen molar-refractivity contribution in [2.45, 2.75) is 6.54 Å². The zero-order chi connectivity index (χ0) is 11.4. The summed E-state index contributed by atoms with van der Waals surface area (Å²) in [5.41, 5.74) is 5.90. The first kappa shape index (κ1) is 11.0. The molecule has 3 N–H and O–H groups in total. The quantitative estimate of drug-likeness (QED) is 0.730. The third-order valence-corrected chi connectivity index (χ3v) is 2.79. The second kappa shape index (κ2) is 4.59. The number of aromatic nitrogens is 1. The van der Waals surface area contributed by atoms with Crippen LogP contribution in [0.2, 0.25) is 0 Å². The molecule has 1 aromatic rings. The molecule has 1 aromatic heterocycles. The second-order valence-electron chi connectivity index (χ2n) is 3.98. The number of carbonyl (C=O) groups is 1. The monoisotopic (exact) mass is 221 g/mol. The number of nitrogens with zero attached hydrogens (tertiary/aromatic N) is 1. The van der Waals surface area contributed by atoms with Crippen LogP contribution in [0.4, 0.5) is 0 Å². The van der Waals surface area contributed by atoms with E-state index in [1.807, 2.05) is 18.2 Å². The van der Waals surface area contributed by atoms with Gasteiger partial charge in [0.15, 0.2) is 0 Å². The number of hydrogen-bond donors (Lipinski definition) is 2. The fourth-order valence-electron chi connectivity index (χ4n) is 1.55. The Bertz CT molecular complexity index is 357. The van der Waals surface area contributed by atoms with Crippen molar-refractivity contribution in [3.8, 4) is 0 Å². The summed E-state index contributed by atoms with van der Waals surface area (Å²) in [5, 5.41) is 2.83. The number of pyridine rings is 1. The third-order valence-electron chi connectivity index (χ3n) is 2.79. The number of ether oxygens (including phenoxy) is 1. The van der Waals surface area contributed by atoms with E-state index in [-0.39, 0.29) is 5.91 Å². The van der Waals surface area contributed by atoms with Gasteiger partial charge in [-0.25, -0.2) is 0 Å². The maximum Gasteiger partial charge on any atom is 0.232 e. The number of carbonyl (C=O) groups excluding carboxylic acids is 1. The minimum atomic E-state index is -0.519. The molecule has 2 heterocycles. The topological polar surface area (TPSA) is 77.2 Å². The molecule has 1 aliphatic heterocycles. The number of rotatable bonds is 4. The number of nitrogens with one attached hydrogen (secondary N) is 1. The SMILES string of the molecule is NCC1(C(=O)NCc2ccccn2)COC1. The van der Waals surface area contributed by atoms with Crippen molar-refractivity contribution in [3.05, 3.63) is 30.1 Å². The number of nitrogens with two attached hydrogens (primary N) is 1. The van der Waals surface area contributed by atoms with Gasteiger partial charge in [0.2, 0.25) is 5.91 Å². The molecule has 2 rings (SSSR count). The average molecular weight is 221 g/mol. The van der Waals surface area contributed by atoms with E-state index in [0.29, 0.717) is 26.3 Å². The van der Waals surface area contributed by atoms with Gasteiger partial charge >= 0.3 is 0 Å². The van der Waals surface area contributed by atoms with Crippen LogP contribution in [0.1, 0.15) is 5.69 Å². The summed E-state index contributed by atoms with van der Waals surface area (Å²) in [6, 6.07) is 5.60. The molecule has 0 radical (unpaired) electrons. The van der Waals surface area contributed by atoms with Crippen LogP contribution in [0.15, 0.2) is 24.4 Å². The van der Waals surface area contributed by atoms with Crippen molar-refractivity contribution in [1.29, 1.82) is 0 Å². The van der Waals surface area contributed by atoms with Crippen LogP contribution in [0.3, 0.4) is 0 Å². The highest BCUT2D eigenvalue weighted by atomic mass is 16.5. The molecule has 1 amide bonds. The molecule has 5 heteroatoms. The highest BCUT2D eigenvalue weighted by Gasteiger charge is 2.44. The van der Waals surface area contributed by atoms with Gasteiger partial charge in [0, 0.05) is 12.7 Å². The molecular weight excluding hydrogens is 206 g/mol. The maximum absolute atomic E-state index is 11.9. The Morgan fingerprint density at radius 3 is 2.88 bits per heavy atom. The van der Waals surface area contributed by atoms with Crippen LogP contribution < -0.4 is 11.1 Å². The summed E-state index contributed by atoms with van der Waals surface area (Å²) in [5.74, 6) is -0.0492. The van der Waals surface area contributed by atoms with Crippen molar-refractivity contribution < 1.29 is 9.53 Å². The molecule has 0 unspecified atom stereocenters. The van der Waals surface area contributed by atoms with Crippen LogP contribution in [-0.4, -0.2) is 30.6 Å². The van der Waals surface area contributed by atoms with Crippen LogP contribution in [0, 0.1) is 5.41 Å². The van der Waals surface area contributed by atoms with Crippen LogP contribution >= 0.6 is 0 Å². The molecule has 0 saturated carbocycles. The Hall–Kier alpha value is -1.46. The lowest BCUT2D eigenvalue weighted by Crippen LogP contribution is -2.58. The van der Waals surface area contributed by atoms with E-state index in [4.69, 9.17) is 10.5 Å². The van der Waals surface area contributed by atoms with E-state index in [1.165, 1.54) is 0 Å². The van der Waals surface area contributed by atoms with E-state index < -0.39 is 5.41 Å². The first-order valence-electron chi connectivity index (χ1n) is 5.23. The molecule has 0 aromatic carbocycles. The molecular formula is C11H15N3O2. The van der Waals surface area contributed by atoms with E-state index in [0.717, 1.165) is 5.69 Å². The van der Waals surface area contributed by atoms with Crippen molar-refractivity contribution >= 4 is 5.91 Å². The van der Waals surface area contributed by atoms with E-state index in [1.54, 1.807) is 6.20 Å². The summed E-state index contributed by atoms with van der Waals surface area (Å²) in [7, 11) is 0. The zero-order valence-corrected chi connectivity index (χ0v) is 8.98. The van der Waals surface area contributed by atoms with Gasteiger partial charge in [0.05, 0.1) is 25.5 Å². The summed E-state index contributed by atoms with van der Waals surface area (Å²) >= 11 is 0.